The van der Waals surface area contributed by atoms with Gasteiger partial charge in [0, 0.05) is 51.5 Å². The van der Waals surface area contributed by atoms with Gasteiger partial charge in [-0.2, -0.15) is 0 Å². The van der Waals surface area contributed by atoms with Gasteiger partial charge in [0.05, 0.1) is 14.2 Å². The smallest absolute Gasteiger partial charge is 0.195 e. The molecule has 0 amide bonds. The molecule has 0 saturated carbocycles. The molecule has 0 radical (unpaired) electrons. The van der Waals surface area contributed by atoms with Crippen LogP contribution in [0.2, 0.25) is 0 Å². The van der Waals surface area contributed by atoms with Gasteiger partial charge in [0.2, 0.25) is 0 Å². The third-order valence-electron chi connectivity index (χ3n) is 4.98. The van der Waals surface area contributed by atoms with E-state index < -0.39 is 0 Å². The summed E-state index contributed by atoms with van der Waals surface area (Å²) >= 11 is 0. The summed E-state index contributed by atoms with van der Waals surface area (Å²) in [5, 5.41) is 6.67. The average Bonchev–Trinajstić information content (AvgIpc) is 2.72. The quantitative estimate of drug-likeness (QED) is 0.390. The molecule has 7 heteroatoms. The first-order chi connectivity index (χ1) is 13.2. The molecule has 2 rings (SSSR count). The molecular formula is C20H35N5O2. The Kier molecular flexibility index (Phi) is 9.21. The largest absolute Gasteiger partial charge is 0.493 e. The van der Waals surface area contributed by atoms with Crippen molar-refractivity contribution in [2.75, 3.05) is 72.4 Å². The summed E-state index contributed by atoms with van der Waals surface area (Å²) < 4.78 is 10.6. The second kappa shape index (κ2) is 11.7. The molecule has 1 aliphatic rings. The normalized spacial score (nSPS) is 16.2. The molecule has 27 heavy (non-hydrogen) atoms. The Labute approximate surface area is 163 Å². The maximum absolute atomic E-state index is 5.34. The molecule has 152 valence electrons. The van der Waals surface area contributed by atoms with Gasteiger partial charge in [0.15, 0.2) is 17.5 Å². The summed E-state index contributed by atoms with van der Waals surface area (Å²) in [6.45, 7) is 10.3. The lowest BCUT2D eigenvalue weighted by Crippen LogP contribution is -2.46. The van der Waals surface area contributed by atoms with E-state index in [2.05, 4.69) is 32.3 Å². The van der Waals surface area contributed by atoms with Crippen LogP contribution in [-0.2, 0) is 0 Å². The Hall–Kier alpha value is -1.99. The number of nitrogens with zero attached hydrogens (tertiary/aromatic N) is 3. The van der Waals surface area contributed by atoms with Gasteiger partial charge in [-0.05, 0) is 38.1 Å². The van der Waals surface area contributed by atoms with E-state index >= 15 is 0 Å². The minimum atomic E-state index is 0.695. The maximum Gasteiger partial charge on any atom is 0.195 e. The number of piperazine rings is 1. The second-order valence-corrected chi connectivity index (χ2v) is 6.68. The molecule has 1 aliphatic heterocycles. The number of rotatable bonds is 9. The van der Waals surface area contributed by atoms with Crippen molar-refractivity contribution in [2.24, 2.45) is 4.99 Å². The predicted octanol–water partition coefficient (Wildman–Crippen LogP) is 2.11. The predicted molar refractivity (Wildman–Crippen MR) is 112 cm³/mol. The number of guanidine groups is 1. The molecule has 0 spiro atoms. The Morgan fingerprint density at radius 1 is 1.04 bits per heavy atom. The molecule has 1 heterocycles. The zero-order chi connectivity index (χ0) is 19.5. The van der Waals surface area contributed by atoms with Crippen LogP contribution in [0.15, 0.2) is 23.2 Å². The van der Waals surface area contributed by atoms with E-state index in [1.807, 2.05) is 18.2 Å². The number of benzene rings is 1. The fourth-order valence-corrected chi connectivity index (χ4v) is 3.23. The number of ether oxygens (including phenoxy) is 2. The van der Waals surface area contributed by atoms with E-state index in [4.69, 9.17) is 9.47 Å². The average molecular weight is 378 g/mol. The van der Waals surface area contributed by atoms with Crippen molar-refractivity contribution in [2.45, 2.75) is 19.8 Å². The molecule has 1 aromatic rings. The monoisotopic (exact) mass is 377 g/mol. The number of likely N-dealkylation sites (N-methyl/N-ethyl adjacent to an activating group) is 1. The van der Waals surface area contributed by atoms with Gasteiger partial charge in [0.25, 0.3) is 0 Å². The first kappa shape index (κ1) is 21.3. The first-order valence-corrected chi connectivity index (χ1v) is 9.84. The molecule has 2 N–H and O–H groups in total. The summed E-state index contributed by atoms with van der Waals surface area (Å²) in [5.74, 6) is 2.17. The highest BCUT2D eigenvalue weighted by Crippen LogP contribution is 2.29. The van der Waals surface area contributed by atoms with Crippen LogP contribution in [0.25, 0.3) is 0 Å². The second-order valence-electron chi connectivity index (χ2n) is 6.68. The van der Waals surface area contributed by atoms with Gasteiger partial charge in [0.1, 0.15) is 0 Å². The van der Waals surface area contributed by atoms with E-state index in [1.54, 1.807) is 21.3 Å². The van der Waals surface area contributed by atoms with Crippen molar-refractivity contribution in [3.8, 4) is 11.5 Å². The fraction of sp³-hybridized carbons (Fsp3) is 0.650. The molecular weight excluding hydrogens is 342 g/mol. The SMILES string of the molecule is CCN1CCN(CCCCNC(=NC)Nc2ccc(OC)c(OC)c2)CC1. The summed E-state index contributed by atoms with van der Waals surface area (Å²) in [5.41, 5.74) is 0.912. The van der Waals surface area contributed by atoms with E-state index in [0.29, 0.717) is 11.5 Å². The number of aliphatic imine (C=N–C) groups is 1. The lowest BCUT2D eigenvalue weighted by Gasteiger charge is -2.34. The van der Waals surface area contributed by atoms with E-state index in [9.17, 15) is 0 Å². The summed E-state index contributed by atoms with van der Waals surface area (Å²) in [6, 6.07) is 5.73. The van der Waals surface area contributed by atoms with Crippen LogP contribution in [0.1, 0.15) is 19.8 Å². The number of methoxy groups -OCH3 is 2. The van der Waals surface area contributed by atoms with Crippen molar-refractivity contribution in [3.05, 3.63) is 18.2 Å². The number of nitrogens with one attached hydrogen (secondary N) is 2. The van der Waals surface area contributed by atoms with Gasteiger partial charge >= 0.3 is 0 Å². The van der Waals surface area contributed by atoms with Crippen molar-refractivity contribution >= 4 is 11.6 Å². The minimum absolute atomic E-state index is 0.695. The minimum Gasteiger partial charge on any atom is -0.493 e. The van der Waals surface area contributed by atoms with Crippen LogP contribution < -0.4 is 20.1 Å². The molecule has 7 nitrogen and oxygen atoms in total. The molecule has 0 bridgehead atoms. The van der Waals surface area contributed by atoms with Crippen molar-refractivity contribution < 1.29 is 9.47 Å². The highest BCUT2D eigenvalue weighted by atomic mass is 16.5. The van der Waals surface area contributed by atoms with Crippen molar-refractivity contribution in [1.29, 1.82) is 0 Å². The molecule has 0 atom stereocenters. The first-order valence-electron chi connectivity index (χ1n) is 9.84. The van der Waals surface area contributed by atoms with Crippen molar-refractivity contribution in [1.82, 2.24) is 15.1 Å². The third-order valence-corrected chi connectivity index (χ3v) is 4.98. The maximum atomic E-state index is 5.34. The number of anilines is 1. The fourth-order valence-electron chi connectivity index (χ4n) is 3.23. The molecule has 1 saturated heterocycles. The molecule has 1 fully saturated rings. The summed E-state index contributed by atoms with van der Waals surface area (Å²) in [7, 11) is 5.05. The number of hydrogen-bond donors (Lipinski definition) is 2. The topological polar surface area (TPSA) is 61.4 Å². The third kappa shape index (κ3) is 6.92. The lowest BCUT2D eigenvalue weighted by molar-refractivity contribution is 0.136. The van der Waals surface area contributed by atoms with Gasteiger partial charge in [-0.3, -0.25) is 4.99 Å². The summed E-state index contributed by atoms with van der Waals surface area (Å²) in [4.78, 5) is 9.38. The van der Waals surface area contributed by atoms with Crippen LogP contribution in [0.4, 0.5) is 5.69 Å². The Balaban J connectivity index is 1.67. The molecule has 0 aliphatic carbocycles. The van der Waals surface area contributed by atoms with Crippen molar-refractivity contribution in [3.63, 3.8) is 0 Å². The van der Waals surface area contributed by atoms with Gasteiger partial charge in [-0.15, -0.1) is 0 Å². The Bertz CT molecular complexity index is 586. The zero-order valence-electron chi connectivity index (χ0n) is 17.3. The van der Waals surface area contributed by atoms with E-state index in [1.165, 1.54) is 45.7 Å². The highest BCUT2D eigenvalue weighted by molar-refractivity contribution is 5.93. The Morgan fingerprint density at radius 3 is 2.37 bits per heavy atom. The number of hydrogen-bond acceptors (Lipinski definition) is 5. The van der Waals surface area contributed by atoms with Crippen LogP contribution in [-0.4, -0.2) is 82.8 Å². The van der Waals surface area contributed by atoms with Crippen LogP contribution in [0.5, 0.6) is 11.5 Å². The van der Waals surface area contributed by atoms with E-state index in [0.717, 1.165) is 24.6 Å². The van der Waals surface area contributed by atoms with Gasteiger partial charge in [-0.1, -0.05) is 6.92 Å². The van der Waals surface area contributed by atoms with Crippen LogP contribution >= 0.6 is 0 Å². The molecule has 0 unspecified atom stereocenters. The van der Waals surface area contributed by atoms with Gasteiger partial charge < -0.3 is 29.9 Å². The van der Waals surface area contributed by atoms with Gasteiger partial charge in [-0.25, -0.2) is 0 Å². The van der Waals surface area contributed by atoms with Crippen LogP contribution in [0, 0.1) is 0 Å². The molecule has 0 aromatic heterocycles. The number of unbranched alkanes of at least 4 members (excludes halogenated alkanes) is 1. The Morgan fingerprint density at radius 2 is 1.74 bits per heavy atom. The lowest BCUT2D eigenvalue weighted by atomic mass is 10.2. The highest BCUT2D eigenvalue weighted by Gasteiger charge is 2.14. The van der Waals surface area contributed by atoms with E-state index in [-0.39, 0.29) is 0 Å². The summed E-state index contributed by atoms with van der Waals surface area (Å²) in [6.07, 6.45) is 2.33. The van der Waals surface area contributed by atoms with Crippen LogP contribution in [0.3, 0.4) is 0 Å². The standard InChI is InChI=1S/C20H35N5O2/c1-5-24-12-14-25(15-13-24)11-7-6-10-22-20(21-2)23-17-8-9-18(26-3)19(16-17)27-4/h8-9,16H,5-7,10-15H2,1-4H3,(H2,21,22,23). The molecule has 1 aromatic carbocycles. The zero-order valence-corrected chi connectivity index (χ0v) is 17.3.